The molecule has 1 aliphatic heterocycles. The van der Waals surface area contributed by atoms with Gasteiger partial charge in [-0.3, -0.25) is 0 Å². The molecule has 2 aromatic rings. The van der Waals surface area contributed by atoms with Crippen molar-refractivity contribution in [2.24, 2.45) is 0 Å². The van der Waals surface area contributed by atoms with E-state index in [-0.39, 0.29) is 12.1 Å². The minimum atomic E-state index is -0.238. The molecule has 1 fully saturated rings. The van der Waals surface area contributed by atoms with Gasteiger partial charge in [-0.1, -0.05) is 12.1 Å². The van der Waals surface area contributed by atoms with Crippen LogP contribution in [0.5, 0.6) is 5.75 Å². The summed E-state index contributed by atoms with van der Waals surface area (Å²) in [5.41, 5.74) is 0.655. The standard InChI is InChI=1S/C19H25N3O3/c1-24-17-9-4-3-8-15(17)21-19(23)20-14-16(18-10-7-13-25-18)22-11-5-2-6-12-22/h3-4,7-10,13,16H,2,5-6,11-12,14H2,1H3,(H2,20,21,23)/p+1/t16-/m0/s1. The summed E-state index contributed by atoms with van der Waals surface area (Å²) in [6, 6.07) is 11.2. The molecule has 0 spiro atoms. The van der Waals surface area contributed by atoms with Crippen molar-refractivity contribution in [2.75, 3.05) is 32.1 Å². The van der Waals surface area contributed by atoms with E-state index in [0.29, 0.717) is 18.0 Å². The molecule has 0 saturated carbocycles. The number of para-hydroxylation sites is 2. The maximum absolute atomic E-state index is 12.3. The van der Waals surface area contributed by atoms with Gasteiger partial charge >= 0.3 is 6.03 Å². The zero-order valence-corrected chi connectivity index (χ0v) is 14.6. The molecule has 25 heavy (non-hydrogen) atoms. The van der Waals surface area contributed by atoms with Crippen LogP contribution in [0.4, 0.5) is 10.5 Å². The van der Waals surface area contributed by atoms with E-state index in [1.807, 2.05) is 36.4 Å². The minimum Gasteiger partial charge on any atom is -0.495 e. The van der Waals surface area contributed by atoms with Crippen molar-refractivity contribution in [2.45, 2.75) is 25.3 Å². The monoisotopic (exact) mass is 344 g/mol. The number of ether oxygens (including phenoxy) is 1. The smallest absolute Gasteiger partial charge is 0.319 e. The zero-order chi connectivity index (χ0) is 17.5. The number of carbonyl (C=O) groups is 1. The quantitative estimate of drug-likeness (QED) is 0.753. The third-order valence-corrected chi connectivity index (χ3v) is 4.70. The van der Waals surface area contributed by atoms with Crippen molar-refractivity contribution in [3.05, 3.63) is 48.4 Å². The minimum absolute atomic E-state index is 0.138. The fourth-order valence-electron chi connectivity index (χ4n) is 3.40. The number of rotatable bonds is 6. The van der Waals surface area contributed by atoms with Gasteiger partial charge in [0, 0.05) is 0 Å². The highest BCUT2D eigenvalue weighted by atomic mass is 16.5. The average Bonchev–Trinajstić information content (AvgIpc) is 3.18. The van der Waals surface area contributed by atoms with E-state index in [0.717, 1.165) is 18.8 Å². The Morgan fingerprint density at radius 2 is 2.00 bits per heavy atom. The molecular formula is C19H26N3O3+. The maximum atomic E-state index is 12.3. The molecule has 1 atom stereocenters. The summed E-state index contributed by atoms with van der Waals surface area (Å²) in [6.45, 7) is 2.76. The third-order valence-electron chi connectivity index (χ3n) is 4.70. The lowest BCUT2D eigenvalue weighted by Gasteiger charge is -2.30. The highest BCUT2D eigenvalue weighted by Gasteiger charge is 2.28. The molecule has 1 aliphatic rings. The number of benzene rings is 1. The van der Waals surface area contributed by atoms with Gasteiger partial charge in [0.1, 0.15) is 5.75 Å². The van der Waals surface area contributed by atoms with E-state index in [4.69, 9.17) is 9.15 Å². The second kappa shape index (κ2) is 8.58. The second-order valence-electron chi connectivity index (χ2n) is 6.32. The number of piperidine rings is 1. The molecule has 2 heterocycles. The van der Waals surface area contributed by atoms with E-state index >= 15 is 0 Å². The largest absolute Gasteiger partial charge is 0.495 e. The first-order valence-corrected chi connectivity index (χ1v) is 8.84. The molecule has 0 radical (unpaired) electrons. The number of furan rings is 1. The number of quaternary nitrogens is 1. The summed E-state index contributed by atoms with van der Waals surface area (Å²) < 4.78 is 10.9. The summed E-state index contributed by atoms with van der Waals surface area (Å²) in [4.78, 5) is 13.8. The van der Waals surface area contributed by atoms with Gasteiger partial charge in [0.05, 0.1) is 38.7 Å². The van der Waals surface area contributed by atoms with Crippen LogP contribution in [0.1, 0.15) is 31.1 Å². The lowest BCUT2D eigenvalue weighted by Crippen LogP contribution is -3.13. The first-order chi connectivity index (χ1) is 12.3. The first kappa shape index (κ1) is 17.4. The Hall–Kier alpha value is -2.47. The van der Waals surface area contributed by atoms with Gasteiger partial charge in [0.15, 0.2) is 11.8 Å². The molecule has 1 aromatic carbocycles. The number of nitrogens with one attached hydrogen (secondary N) is 3. The van der Waals surface area contributed by atoms with Gasteiger partial charge in [-0.05, 0) is 43.5 Å². The molecule has 6 heteroatoms. The molecule has 2 amide bonds. The molecule has 6 nitrogen and oxygen atoms in total. The van der Waals surface area contributed by atoms with Crippen LogP contribution in [-0.2, 0) is 0 Å². The van der Waals surface area contributed by atoms with Gasteiger partial charge in [-0.25, -0.2) is 4.79 Å². The number of amides is 2. The van der Waals surface area contributed by atoms with Crippen molar-refractivity contribution < 1.29 is 18.8 Å². The van der Waals surface area contributed by atoms with Gasteiger partial charge in [0.2, 0.25) is 0 Å². The number of methoxy groups -OCH3 is 1. The molecule has 1 saturated heterocycles. The molecule has 0 unspecified atom stereocenters. The fraction of sp³-hybridized carbons (Fsp3) is 0.421. The lowest BCUT2D eigenvalue weighted by molar-refractivity contribution is -0.936. The van der Waals surface area contributed by atoms with Gasteiger partial charge in [-0.15, -0.1) is 0 Å². The van der Waals surface area contributed by atoms with Gasteiger partial charge in [-0.2, -0.15) is 0 Å². The van der Waals surface area contributed by atoms with Crippen LogP contribution in [0.25, 0.3) is 0 Å². The predicted molar refractivity (Wildman–Crippen MR) is 96.0 cm³/mol. The molecule has 0 aliphatic carbocycles. The first-order valence-electron chi connectivity index (χ1n) is 8.84. The summed E-state index contributed by atoms with van der Waals surface area (Å²) in [5.74, 6) is 1.57. The number of anilines is 1. The van der Waals surface area contributed by atoms with Crippen molar-refractivity contribution >= 4 is 11.7 Å². The predicted octanol–water partition coefficient (Wildman–Crippen LogP) is 2.22. The van der Waals surface area contributed by atoms with E-state index in [1.54, 1.807) is 13.4 Å². The van der Waals surface area contributed by atoms with Crippen molar-refractivity contribution in [3.63, 3.8) is 0 Å². The summed E-state index contributed by atoms with van der Waals surface area (Å²) in [5, 5.41) is 5.83. The number of hydrogen-bond donors (Lipinski definition) is 3. The average molecular weight is 344 g/mol. The van der Waals surface area contributed by atoms with Crippen LogP contribution in [0, 0.1) is 0 Å². The Morgan fingerprint density at radius 1 is 1.20 bits per heavy atom. The molecule has 3 N–H and O–H groups in total. The van der Waals surface area contributed by atoms with E-state index < -0.39 is 0 Å². The molecular weight excluding hydrogens is 318 g/mol. The highest BCUT2D eigenvalue weighted by Crippen LogP contribution is 2.22. The molecule has 1 aromatic heterocycles. The van der Waals surface area contributed by atoms with Crippen LogP contribution >= 0.6 is 0 Å². The van der Waals surface area contributed by atoms with Crippen LogP contribution < -0.4 is 20.3 Å². The number of likely N-dealkylation sites (tertiary alicyclic amines) is 1. The SMILES string of the molecule is COc1ccccc1NC(=O)NC[C@@H](c1ccco1)[NH+]1CCCCC1. The Balaban J connectivity index is 1.61. The Labute approximate surface area is 148 Å². The van der Waals surface area contributed by atoms with Crippen LogP contribution in [-0.4, -0.2) is 32.8 Å². The second-order valence-corrected chi connectivity index (χ2v) is 6.32. The number of hydrogen-bond acceptors (Lipinski definition) is 3. The summed E-state index contributed by atoms with van der Waals surface area (Å²) in [6.07, 6.45) is 5.43. The summed E-state index contributed by atoms with van der Waals surface area (Å²) in [7, 11) is 1.59. The Bertz CT molecular complexity index is 666. The normalized spacial score (nSPS) is 16.2. The van der Waals surface area contributed by atoms with Crippen LogP contribution in [0.2, 0.25) is 0 Å². The zero-order valence-electron chi connectivity index (χ0n) is 14.6. The fourth-order valence-corrected chi connectivity index (χ4v) is 3.40. The van der Waals surface area contributed by atoms with Gasteiger partial charge < -0.3 is 24.7 Å². The molecule has 3 rings (SSSR count). The Morgan fingerprint density at radius 3 is 2.72 bits per heavy atom. The van der Waals surface area contributed by atoms with E-state index in [1.165, 1.54) is 24.2 Å². The number of urea groups is 1. The lowest BCUT2D eigenvalue weighted by atomic mass is 10.1. The molecule has 134 valence electrons. The van der Waals surface area contributed by atoms with E-state index in [9.17, 15) is 4.79 Å². The Kier molecular flexibility index (Phi) is 5.95. The molecule has 0 bridgehead atoms. The van der Waals surface area contributed by atoms with Gasteiger partial charge in [0.25, 0.3) is 0 Å². The van der Waals surface area contributed by atoms with Crippen LogP contribution in [0.15, 0.2) is 47.1 Å². The number of carbonyl (C=O) groups excluding carboxylic acids is 1. The topological polar surface area (TPSA) is 67.9 Å². The van der Waals surface area contributed by atoms with Crippen molar-refractivity contribution in [1.82, 2.24) is 5.32 Å². The maximum Gasteiger partial charge on any atom is 0.319 e. The summed E-state index contributed by atoms with van der Waals surface area (Å²) >= 11 is 0. The van der Waals surface area contributed by atoms with Crippen molar-refractivity contribution in [3.8, 4) is 5.75 Å². The van der Waals surface area contributed by atoms with Crippen molar-refractivity contribution in [1.29, 1.82) is 0 Å². The third kappa shape index (κ3) is 4.54. The van der Waals surface area contributed by atoms with E-state index in [2.05, 4.69) is 10.6 Å². The van der Waals surface area contributed by atoms with Crippen LogP contribution in [0.3, 0.4) is 0 Å². The highest BCUT2D eigenvalue weighted by molar-refractivity contribution is 5.90.